The Kier molecular flexibility index (Phi) is 6.95. The fourth-order valence-electron chi connectivity index (χ4n) is 3.52. The van der Waals surface area contributed by atoms with Crippen LogP contribution in [-0.2, 0) is 14.3 Å². The molecule has 31 heavy (non-hydrogen) atoms. The monoisotopic (exact) mass is 423 g/mol. The Morgan fingerprint density at radius 3 is 2.35 bits per heavy atom. The minimum atomic E-state index is -0.614. The van der Waals surface area contributed by atoms with Gasteiger partial charge in [0.15, 0.2) is 0 Å². The van der Waals surface area contributed by atoms with Crippen LogP contribution in [0.25, 0.3) is 0 Å². The van der Waals surface area contributed by atoms with Crippen LogP contribution < -0.4 is 15.5 Å². The van der Waals surface area contributed by atoms with Crippen LogP contribution >= 0.6 is 0 Å². The lowest BCUT2D eigenvalue weighted by Crippen LogP contribution is -2.28. The molecule has 7 heteroatoms. The largest absolute Gasteiger partial charge is 0.444 e. The number of nitrogens with zero attached hydrogens (tertiary/aromatic N) is 1. The van der Waals surface area contributed by atoms with Gasteiger partial charge in [-0.2, -0.15) is 0 Å². The number of amides is 3. The van der Waals surface area contributed by atoms with Crippen LogP contribution in [0.1, 0.15) is 37.8 Å². The first-order valence-electron chi connectivity index (χ1n) is 10.5. The molecule has 1 heterocycles. The molecule has 3 rings (SSSR count). The molecule has 164 valence electrons. The molecule has 2 aromatic carbocycles. The van der Waals surface area contributed by atoms with E-state index in [1.807, 2.05) is 45.9 Å². The van der Waals surface area contributed by atoms with E-state index in [1.165, 1.54) is 0 Å². The van der Waals surface area contributed by atoms with Crippen molar-refractivity contribution in [1.29, 1.82) is 0 Å². The molecule has 1 fully saturated rings. The fraction of sp³-hybridized carbons (Fsp3) is 0.375. The molecule has 3 amide bonds. The molecule has 1 atom stereocenters. The number of hydrogen-bond acceptors (Lipinski definition) is 4. The number of aryl methyl sites for hydroxylation is 2. The van der Waals surface area contributed by atoms with Gasteiger partial charge in [0.2, 0.25) is 11.8 Å². The lowest BCUT2D eigenvalue weighted by atomic mass is 10.1. The van der Waals surface area contributed by atoms with E-state index >= 15 is 0 Å². The molecule has 0 aromatic heterocycles. The van der Waals surface area contributed by atoms with Gasteiger partial charge >= 0.3 is 6.09 Å². The maximum Gasteiger partial charge on any atom is 0.411 e. The number of anilines is 3. The van der Waals surface area contributed by atoms with E-state index in [9.17, 15) is 14.4 Å². The summed E-state index contributed by atoms with van der Waals surface area (Å²) in [6.45, 7) is 8.23. The van der Waals surface area contributed by atoms with Crippen molar-refractivity contribution in [2.24, 2.45) is 5.92 Å². The van der Waals surface area contributed by atoms with Crippen LogP contribution in [0.5, 0.6) is 0 Å². The lowest BCUT2D eigenvalue weighted by Gasteiger charge is -2.19. The molecular weight excluding hydrogens is 394 g/mol. The molecule has 2 aromatic rings. The van der Waals surface area contributed by atoms with Crippen LogP contribution in [0.2, 0.25) is 0 Å². The highest BCUT2D eigenvalue weighted by Gasteiger charge is 2.34. The fourth-order valence-corrected chi connectivity index (χ4v) is 3.52. The predicted molar refractivity (Wildman–Crippen MR) is 121 cm³/mol. The average molecular weight is 424 g/mol. The highest BCUT2D eigenvalue weighted by Crippen LogP contribution is 2.27. The Bertz CT molecular complexity index is 969. The second-order valence-electron chi connectivity index (χ2n) is 8.37. The van der Waals surface area contributed by atoms with Crippen molar-refractivity contribution < 1.29 is 19.1 Å². The van der Waals surface area contributed by atoms with Gasteiger partial charge in [-0.1, -0.05) is 26.0 Å². The molecule has 7 nitrogen and oxygen atoms in total. The minimum Gasteiger partial charge on any atom is -0.444 e. The third-order valence-corrected chi connectivity index (χ3v) is 5.03. The zero-order chi connectivity index (χ0) is 22.5. The first-order valence-corrected chi connectivity index (χ1v) is 10.5. The molecule has 0 radical (unpaired) electrons. The van der Waals surface area contributed by atoms with Gasteiger partial charge < -0.3 is 15.0 Å². The molecule has 1 aliphatic heterocycles. The van der Waals surface area contributed by atoms with Gasteiger partial charge in [-0.25, -0.2) is 4.79 Å². The Labute approximate surface area is 182 Å². The number of hydrogen-bond donors (Lipinski definition) is 2. The van der Waals surface area contributed by atoms with Gasteiger partial charge in [0.05, 0.1) is 13.0 Å². The highest BCUT2D eigenvalue weighted by atomic mass is 16.6. The molecule has 1 saturated heterocycles. The molecule has 0 spiro atoms. The van der Waals surface area contributed by atoms with Crippen LogP contribution in [0.4, 0.5) is 21.9 Å². The lowest BCUT2D eigenvalue weighted by molar-refractivity contribution is -0.118. The summed E-state index contributed by atoms with van der Waals surface area (Å²) in [5, 5.41) is 5.49. The summed E-state index contributed by atoms with van der Waals surface area (Å²) < 4.78 is 5.46. The predicted octanol–water partition coefficient (Wildman–Crippen LogP) is 4.64. The van der Waals surface area contributed by atoms with E-state index < -0.39 is 12.2 Å². The van der Waals surface area contributed by atoms with Gasteiger partial charge in [-0.15, -0.1) is 0 Å². The normalized spacial score (nSPS) is 15.8. The van der Waals surface area contributed by atoms with Gasteiger partial charge in [-0.05, 0) is 61.2 Å². The molecule has 0 saturated carbocycles. The van der Waals surface area contributed by atoms with Crippen molar-refractivity contribution in [1.82, 2.24) is 0 Å². The van der Waals surface area contributed by atoms with Crippen molar-refractivity contribution in [3.05, 3.63) is 53.6 Å². The highest BCUT2D eigenvalue weighted by molar-refractivity contribution is 5.97. The zero-order valence-corrected chi connectivity index (χ0v) is 18.4. The molecule has 2 N–H and O–H groups in total. The summed E-state index contributed by atoms with van der Waals surface area (Å²) in [4.78, 5) is 38.3. The Balaban J connectivity index is 1.53. The molecule has 1 aliphatic rings. The summed E-state index contributed by atoms with van der Waals surface area (Å²) in [6, 6.07) is 12.8. The summed E-state index contributed by atoms with van der Waals surface area (Å²) in [6.07, 6.45) is -0.521. The quantitative estimate of drug-likeness (QED) is 0.708. The van der Waals surface area contributed by atoms with Crippen molar-refractivity contribution >= 4 is 35.0 Å². The van der Waals surface area contributed by atoms with E-state index in [2.05, 4.69) is 10.6 Å². The van der Waals surface area contributed by atoms with Gasteiger partial charge in [-0.3, -0.25) is 14.9 Å². The van der Waals surface area contributed by atoms with Crippen LogP contribution in [0.3, 0.4) is 0 Å². The van der Waals surface area contributed by atoms with E-state index in [-0.39, 0.29) is 24.2 Å². The average Bonchev–Trinajstić information content (AvgIpc) is 3.04. The topological polar surface area (TPSA) is 87.7 Å². The number of rotatable bonds is 6. The van der Waals surface area contributed by atoms with E-state index in [4.69, 9.17) is 4.74 Å². The van der Waals surface area contributed by atoms with Crippen molar-refractivity contribution in [3.63, 3.8) is 0 Å². The van der Waals surface area contributed by atoms with Crippen molar-refractivity contribution in [3.8, 4) is 0 Å². The van der Waals surface area contributed by atoms with Crippen LogP contribution in [0.15, 0.2) is 42.5 Å². The number of benzene rings is 2. The van der Waals surface area contributed by atoms with E-state index in [1.54, 1.807) is 29.2 Å². The SMILES string of the molecule is Cc1ccc(C)c(N2CC(OC(=O)Nc3ccc(NC(=O)CC(C)C)cc3)CC2=O)c1. The maximum absolute atomic E-state index is 12.5. The standard InChI is InChI=1S/C24H29N3O4/c1-15(2)11-22(28)25-18-7-9-19(10-8-18)26-24(30)31-20-13-23(29)27(14-20)21-12-16(3)5-6-17(21)4/h5-10,12,15,20H,11,13-14H2,1-4H3,(H,25,28)(H,26,30). The summed E-state index contributed by atoms with van der Waals surface area (Å²) >= 11 is 0. The number of carbonyl (C=O) groups is 3. The van der Waals surface area contributed by atoms with Gasteiger partial charge in [0.1, 0.15) is 6.10 Å². The van der Waals surface area contributed by atoms with Crippen LogP contribution in [-0.4, -0.2) is 30.6 Å². The summed E-state index contributed by atoms with van der Waals surface area (Å²) in [7, 11) is 0. The summed E-state index contributed by atoms with van der Waals surface area (Å²) in [5.74, 6) is 0.173. The third-order valence-electron chi connectivity index (χ3n) is 5.03. The smallest absolute Gasteiger partial charge is 0.411 e. The first kappa shape index (κ1) is 22.3. The van der Waals surface area contributed by atoms with Crippen molar-refractivity contribution in [2.75, 3.05) is 22.1 Å². The van der Waals surface area contributed by atoms with Crippen LogP contribution in [0, 0.1) is 19.8 Å². The van der Waals surface area contributed by atoms with Gasteiger partial charge in [0.25, 0.3) is 0 Å². The Hall–Kier alpha value is -3.35. The number of carbonyl (C=O) groups excluding carboxylic acids is 3. The Morgan fingerprint density at radius 2 is 1.71 bits per heavy atom. The minimum absolute atomic E-state index is 0.0468. The molecule has 0 bridgehead atoms. The number of ether oxygens (including phenoxy) is 1. The van der Waals surface area contributed by atoms with Gasteiger partial charge in [0, 0.05) is 23.5 Å². The maximum atomic E-state index is 12.5. The molecule has 0 aliphatic carbocycles. The Morgan fingerprint density at radius 1 is 1.06 bits per heavy atom. The second-order valence-corrected chi connectivity index (χ2v) is 8.37. The zero-order valence-electron chi connectivity index (χ0n) is 18.4. The molecular formula is C24H29N3O4. The first-order chi connectivity index (χ1) is 14.7. The number of nitrogens with one attached hydrogen (secondary N) is 2. The van der Waals surface area contributed by atoms with E-state index in [0.29, 0.717) is 24.3 Å². The summed E-state index contributed by atoms with van der Waals surface area (Å²) in [5.41, 5.74) is 4.13. The molecule has 1 unspecified atom stereocenters. The van der Waals surface area contributed by atoms with Crippen molar-refractivity contribution in [2.45, 2.75) is 46.6 Å². The second kappa shape index (κ2) is 9.64. The van der Waals surface area contributed by atoms with E-state index in [0.717, 1.165) is 16.8 Å². The third kappa shape index (κ3) is 6.07.